The Morgan fingerprint density at radius 1 is 1.25 bits per heavy atom. The molecule has 0 N–H and O–H groups in total. The van der Waals surface area contributed by atoms with E-state index in [9.17, 15) is 0 Å². The van der Waals surface area contributed by atoms with Crippen LogP contribution in [0.1, 0.15) is 31.2 Å². The van der Waals surface area contributed by atoms with E-state index in [1.807, 2.05) is 6.07 Å². The average molecular weight is 233 g/mol. The molecule has 2 aromatic rings. The van der Waals surface area contributed by atoms with Crippen molar-refractivity contribution in [3.8, 4) is 0 Å². The third-order valence-corrected chi connectivity index (χ3v) is 3.19. The highest BCUT2D eigenvalue weighted by Gasteiger charge is 2.07. The first kappa shape index (κ1) is 11.3. The molecule has 0 spiro atoms. The number of hydrogen-bond acceptors (Lipinski definition) is 3. The summed E-state index contributed by atoms with van der Waals surface area (Å²) in [5, 5.41) is 0.965. The van der Waals surface area contributed by atoms with Gasteiger partial charge in [0.2, 0.25) is 0 Å². The van der Waals surface area contributed by atoms with E-state index < -0.39 is 0 Å². The molecule has 0 unspecified atom stereocenters. The Morgan fingerprint density at radius 3 is 2.62 bits per heavy atom. The summed E-state index contributed by atoms with van der Waals surface area (Å²) in [7, 11) is 0. The first-order valence-corrected chi connectivity index (χ1v) is 6.36. The zero-order valence-corrected chi connectivity index (χ0v) is 10.3. The van der Waals surface area contributed by atoms with Gasteiger partial charge in [-0.1, -0.05) is 55.9 Å². The van der Waals surface area contributed by atoms with Gasteiger partial charge in [0.05, 0.1) is 0 Å². The zero-order valence-electron chi connectivity index (χ0n) is 9.51. The molecule has 0 aliphatic carbocycles. The van der Waals surface area contributed by atoms with Crippen molar-refractivity contribution in [2.45, 2.75) is 30.5 Å². The smallest absolute Gasteiger partial charge is 0.197 e. The first-order valence-electron chi connectivity index (χ1n) is 5.38. The molecule has 1 heterocycles. The fourth-order valence-electron chi connectivity index (χ4n) is 1.34. The van der Waals surface area contributed by atoms with Gasteiger partial charge >= 0.3 is 0 Å². The van der Waals surface area contributed by atoms with E-state index in [2.05, 4.69) is 43.1 Å². The fourth-order valence-corrected chi connectivity index (χ4v) is 2.11. The van der Waals surface area contributed by atoms with E-state index in [1.165, 1.54) is 5.56 Å². The maximum absolute atomic E-state index is 5.38. The second-order valence-corrected chi connectivity index (χ2v) is 4.95. The highest BCUT2D eigenvalue weighted by molar-refractivity contribution is 7.98. The van der Waals surface area contributed by atoms with Crippen molar-refractivity contribution in [3.63, 3.8) is 0 Å². The maximum atomic E-state index is 5.38. The number of nitrogens with zero attached hydrogens (tertiary/aromatic N) is 1. The number of benzene rings is 1. The van der Waals surface area contributed by atoms with Crippen molar-refractivity contribution in [1.82, 2.24) is 4.98 Å². The van der Waals surface area contributed by atoms with Crippen LogP contribution in [0.4, 0.5) is 0 Å². The van der Waals surface area contributed by atoms with Crippen molar-refractivity contribution in [2.75, 3.05) is 0 Å². The van der Waals surface area contributed by atoms with Crippen molar-refractivity contribution in [1.29, 1.82) is 0 Å². The van der Waals surface area contributed by atoms with Gasteiger partial charge < -0.3 is 4.42 Å². The van der Waals surface area contributed by atoms with Crippen LogP contribution in [0.3, 0.4) is 0 Å². The first-order chi connectivity index (χ1) is 7.75. The molecule has 0 aliphatic heterocycles. The Kier molecular flexibility index (Phi) is 3.67. The van der Waals surface area contributed by atoms with Crippen LogP contribution >= 0.6 is 11.8 Å². The lowest BCUT2D eigenvalue weighted by Gasteiger charge is -1.97. The minimum Gasteiger partial charge on any atom is -0.447 e. The van der Waals surface area contributed by atoms with Crippen molar-refractivity contribution in [3.05, 3.63) is 48.0 Å². The van der Waals surface area contributed by atoms with E-state index in [0.717, 1.165) is 16.7 Å². The van der Waals surface area contributed by atoms with Crippen LogP contribution in [0.15, 0.2) is 46.0 Å². The molecule has 0 saturated carbocycles. The molecule has 0 amide bonds. The van der Waals surface area contributed by atoms with Gasteiger partial charge in [-0.25, -0.2) is 4.98 Å². The van der Waals surface area contributed by atoms with E-state index in [4.69, 9.17) is 4.42 Å². The highest BCUT2D eigenvalue weighted by Crippen LogP contribution is 2.24. The number of hydrogen-bond donors (Lipinski definition) is 0. The molecule has 0 fully saturated rings. The molecule has 0 aliphatic rings. The molecule has 0 radical (unpaired) electrons. The van der Waals surface area contributed by atoms with Gasteiger partial charge in [-0.05, 0) is 5.56 Å². The molecule has 0 saturated heterocycles. The number of aromatic nitrogens is 1. The van der Waals surface area contributed by atoms with Gasteiger partial charge in [0.15, 0.2) is 5.89 Å². The Bertz CT molecular complexity index is 436. The SMILES string of the molecule is CC(C)c1nc(SCc2ccccc2)co1. The Morgan fingerprint density at radius 2 is 2.00 bits per heavy atom. The van der Waals surface area contributed by atoms with Gasteiger partial charge in [-0.15, -0.1) is 0 Å². The van der Waals surface area contributed by atoms with E-state index in [0.29, 0.717) is 5.92 Å². The lowest BCUT2D eigenvalue weighted by Crippen LogP contribution is -1.86. The molecule has 0 bridgehead atoms. The quantitative estimate of drug-likeness (QED) is 0.744. The molecule has 1 aromatic carbocycles. The third-order valence-electron chi connectivity index (χ3n) is 2.22. The summed E-state index contributed by atoms with van der Waals surface area (Å²) in [6.07, 6.45) is 1.74. The zero-order chi connectivity index (χ0) is 11.4. The predicted molar refractivity (Wildman–Crippen MR) is 66.6 cm³/mol. The third kappa shape index (κ3) is 2.89. The van der Waals surface area contributed by atoms with Crippen LogP contribution < -0.4 is 0 Å². The minimum atomic E-state index is 0.353. The number of oxazole rings is 1. The van der Waals surface area contributed by atoms with Crippen LogP contribution in [-0.2, 0) is 5.75 Å². The molecule has 84 valence electrons. The molecule has 2 nitrogen and oxygen atoms in total. The van der Waals surface area contributed by atoms with E-state index >= 15 is 0 Å². The number of rotatable bonds is 4. The summed E-state index contributed by atoms with van der Waals surface area (Å²) in [4.78, 5) is 4.42. The van der Waals surface area contributed by atoms with Crippen LogP contribution in [-0.4, -0.2) is 4.98 Å². The fraction of sp³-hybridized carbons (Fsp3) is 0.308. The van der Waals surface area contributed by atoms with Gasteiger partial charge in [0.1, 0.15) is 11.3 Å². The second-order valence-electron chi connectivity index (χ2n) is 3.95. The Labute approximate surface area is 100 Å². The average Bonchev–Trinajstić information content (AvgIpc) is 2.76. The van der Waals surface area contributed by atoms with Crippen LogP contribution in [0.2, 0.25) is 0 Å². The van der Waals surface area contributed by atoms with Gasteiger partial charge in [-0.3, -0.25) is 0 Å². The summed E-state index contributed by atoms with van der Waals surface area (Å²) in [6, 6.07) is 10.4. The Hall–Kier alpha value is -1.22. The largest absolute Gasteiger partial charge is 0.447 e. The summed E-state index contributed by atoms with van der Waals surface area (Å²) >= 11 is 1.71. The van der Waals surface area contributed by atoms with Crippen LogP contribution in [0, 0.1) is 0 Å². The van der Waals surface area contributed by atoms with Crippen molar-refractivity contribution < 1.29 is 4.42 Å². The molecular formula is C13H15NOS. The Balaban J connectivity index is 1.95. The molecular weight excluding hydrogens is 218 g/mol. The molecule has 1 aromatic heterocycles. The highest BCUT2D eigenvalue weighted by atomic mass is 32.2. The topological polar surface area (TPSA) is 26.0 Å². The monoisotopic (exact) mass is 233 g/mol. The predicted octanol–water partition coefficient (Wildman–Crippen LogP) is 4.09. The lowest BCUT2D eigenvalue weighted by molar-refractivity contribution is 0.470. The number of thioether (sulfide) groups is 1. The minimum absolute atomic E-state index is 0.353. The van der Waals surface area contributed by atoms with Gasteiger partial charge in [0, 0.05) is 11.7 Å². The van der Waals surface area contributed by atoms with Gasteiger partial charge in [-0.2, -0.15) is 0 Å². The summed E-state index contributed by atoms with van der Waals surface area (Å²) < 4.78 is 5.38. The van der Waals surface area contributed by atoms with Crippen LogP contribution in [0.25, 0.3) is 0 Å². The van der Waals surface area contributed by atoms with Crippen molar-refractivity contribution >= 4 is 11.8 Å². The maximum Gasteiger partial charge on any atom is 0.197 e. The standard InChI is InChI=1S/C13H15NOS/c1-10(2)13-14-12(8-15-13)16-9-11-6-4-3-5-7-11/h3-8,10H,9H2,1-2H3. The second kappa shape index (κ2) is 5.21. The lowest BCUT2D eigenvalue weighted by atomic mass is 10.2. The van der Waals surface area contributed by atoms with Gasteiger partial charge in [0.25, 0.3) is 0 Å². The van der Waals surface area contributed by atoms with Crippen LogP contribution in [0.5, 0.6) is 0 Å². The molecule has 16 heavy (non-hydrogen) atoms. The van der Waals surface area contributed by atoms with E-state index in [-0.39, 0.29) is 0 Å². The van der Waals surface area contributed by atoms with E-state index in [1.54, 1.807) is 18.0 Å². The molecule has 3 heteroatoms. The normalized spacial score (nSPS) is 10.9. The summed E-state index contributed by atoms with van der Waals surface area (Å²) in [5.41, 5.74) is 1.31. The van der Waals surface area contributed by atoms with Crippen molar-refractivity contribution in [2.24, 2.45) is 0 Å². The molecule has 0 atom stereocenters. The summed E-state index contributed by atoms with van der Waals surface area (Å²) in [6.45, 7) is 4.16. The molecule has 2 rings (SSSR count). The summed E-state index contributed by atoms with van der Waals surface area (Å²) in [5.74, 6) is 2.10.